The van der Waals surface area contributed by atoms with Gasteiger partial charge in [0.05, 0.1) is 23.6 Å². The fourth-order valence-corrected chi connectivity index (χ4v) is 3.85. The summed E-state index contributed by atoms with van der Waals surface area (Å²) in [6, 6.07) is 12.6. The van der Waals surface area contributed by atoms with Gasteiger partial charge in [-0.3, -0.25) is 9.58 Å². The summed E-state index contributed by atoms with van der Waals surface area (Å²) in [5.74, 6) is 0. The predicted molar refractivity (Wildman–Crippen MR) is 111 cm³/mol. The van der Waals surface area contributed by atoms with Crippen molar-refractivity contribution in [3.63, 3.8) is 0 Å². The number of nitrogens with one attached hydrogen (secondary N) is 1. The molecule has 3 aromatic rings. The van der Waals surface area contributed by atoms with Gasteiger partial charge >= 0.3 is 0 Å². The Balaban J connectivity index is 0.00000121. The number of aromatic nitrogens is 3. The summed E-state index contributed by atoms with van der Waals surface area (Å²) in [4.78, 5) is 7.04. The molecule has 4 rings (SSSR count). The van der Waals surface area contributed by atoms with E-state index in [2.05, 4.69) is 57.7 Å². The molecule has 0 bridgehead atoms. The minimum absolute atomic E-state index is 0. The van der Waals surface area contributed by atoms with Crippen molar-refractivity contribution in [3.05, 3.63) is 58.9 Å². The maximum atomic E-state index is 4.77. The molecule has 140 valence electrons. The van der Waals surface area contributed by atoms with E-state index < -0.39 is 0 Å². The largest absolute Gasteiger partial charge is 0.309 e. The van der Waals surface area contributed by atoms with E-state index in [9.17, 15) is 0 Å². The zero-order chi connectivity index (χ0) is 16.4. The molecular weight excluding hydrogens is 389 g/mol. The first-order chi connectivity index (χ1) is 11.8. The van der Waals surface area contributed by atoms with Crippen molar-refractivity contribution in [3.8, 4) is 10.6 Å². The Hall–Kier alpha value is -1.44. The lowest BCUT2D eigenvalue weighted by Crippen LogP contribution is -2.28. The van der Waals surface area contributed by atoms with Gasteiger partial charge in [-0.25, -0.2) is 4.98 Å². The molecule has 0 saturated heterocycles. The molecule has 1 N–H and O–H groups in total. The van der Waals surface area contributed by atoms with Crippen molar-refractivity contribution >= 4 is 36.2 Å². The molecule has 8 heteroatoms. The van der Waals surface area contributed by atoms with Crippen molar-refractivity contribution in [2.75, 3.05) is 13.6 Å². The van der Waals surface area contributed by atoms with E-state index in [0.29, 0.717) is 0 Å². The number of thiazole rings is 1. The molecule has 0 fully saturated rings. The van der Waals surface area contributed by atoms with Crippen molar-refractivity contribution in [2.45, 2.75) is 26.2 Å². The van der Waals surface area contributed by atoms with Crippen LogP contribution in [0.4, 0.5) is 0 Å². The predicted octanol–water partition coefficient (Wildman–Crippen LogP) is 3.59. The van der Waals surface area contributed by atoms with Crippen LogP contribution in [0.15, 0.2) is 41.8 Å². The van der Waals surface area contributed by atoms with Crippen LogP contribution in [0.2, 0.25) is 0 Å². The van der Waals surface area contributed by atoms with Gasteiger partial charge in [-0.15, -0.1) is 36.2 Å². The van der Waals surface area contributed by atoms with Gasteiger partial charge < -0.3 is 5.32 Å². The second kappa shape index (κ2) is 9.48. The molecular formula is C18H23Cl2N5S. The summed E-state index contributed by atoms with van der Waals surface area (Å²) < 4.78 is 2.12. The maximum Gasteiger partial charge on any atom is 0.123 e. The van der Waals surface area contributed by atoms with Crippen LogP contribution in [0.25, 0.3) is 10.6 Å². The molecule has 5 nitrogen and oxygen atoms in total. The molecule has 0 amide bonds. The van der Waals surface area contributed by atoms with E-state index >= 15 is 0 Å². The highest BCUT2D eigenvalue weighted by Crippen LogP contribution is 2.24. The van der Waals surface area contributed by atoms with Crippen LogP contribution in [-0.4, -0.2) is 33.3 Å². The lowest BCUT2D eigenvalue weighted by molar-refractivity contribution is 0.310. The van der Waals surface area contributed by atoms with Crippen LogP contribution in [-0.2, 0) is 26.2 Å². The van der Waals surface area contributed by atoms with E-state index in [0.717, 1.165) is 49.1 Å². The van der Waals surface area contributed by atoms with Crippen molar-refractivity contribution < 1.29 is 0 Å². The highest BCUT2D eigenvalue weighted by atomic mass is 35.5. The van der Waals surface area contributed by atoms with Gasteiger partial charge in [0.15, 0.2) is 0 Å². The summed E-state index contributed by atoms with van der Waals surface area (Å²) in [7, 11) is 2.12. The fraction of sp³-hybridized carbons (Fsp3) is 0.333. The van der Waals surface area contributed by atoms with E-state index in [1.807, 2.05) is 6.07 Å². The van der Waals surface area contributed by atoms with Gasteiger partial charge in [-0.2, -0.15) is 5.10 Å². The van der Waals surface area contributed by atoms with Crippen molar-refractivity contribution in [2.24, 2.45) is 0 Å². The number of hydrogen-bond acceptors (Lipinski definition) is 5. The summed E-state index contributed by atoms with van der Waals surface area (Å²) in [5, 5.41) is 11.3. The Bertz CT molecular complexity index is 795. The van der Waals surface area contributed by atoms with Gasteiger partial charge in [-0.1, -0.05) is 30.3 Å². The maximum absolute atomic E-state index is 4.77. The average Bonchev–Trinajstić information content (AvgIpc) is 3.21. The first-order valence-electron chi connectivity index (χ1n) is 8.22. The van der Waals surface area contributed by atoms with Crippen LogP contribution < -0.4 is 5.32 Å². The number of hydrogen-bond donors (Lipinski definition) is 1. The van der Waals surface area contributed by atoms with Gasteiger partial charge in [0.2, 0.25) is 0 Å². The summed E-state index contributed by atoms with van der Waals surface area (Å²) in [5.41, 5.74) is 4.72. The van der Waals surface area contributed by atoms with Gasteiger partial charge in [-0.05, 0) is 13.1 Å². The summed E-state index contributed by atoms with van der Waals surface area (Å²) in [6.45, 7) is 4.57. The SMILES string of the molecule is CN(Cc1csc(-c2ccccc2)n1)Cc1cc2n(n1)CCNC2.Cl.Cl. The standard InChI is InChI=1S/C18H21N5S.2ClH/c1-22(11-15-9-17-10-19-7-8-23(17)21-15)12-16-13-24-18(20-16)14-5-3-2-4-6-14;;/h2-6,9,13,19H,7-8,10-12H2,1H3;2*1H. The molecule has 0 aliphatic carbocycles. The normalized spacial score (nSPS) is 13.0. The molecule has 0 radical (unpaired) electrons. The number of rotatable bonds is 5. The molecule has 1 aromatic carbocycles. The first-order valence-corrected chi connectivity index (χ1v) is 9.10. The van der Waals surface area contributed by atoms with E-state index in [4.69, 9.17) is 10.1 Å². The van der Waals surface area contributed by atoms with Crippen LogP contribution in [0, 0.1) is 0 Å². The molecule has 0 unspecified atom stereocenters. The second-order valence-corrected chi connectivity index (χ2v) is 7.07. The lowest BCUT2D eigenvalue weighted by atomic mass is 10.2. The topological polar surface area (TPSA) is 46.0 Å². The first kappa shape index (κ1) is 20.9. The van der Waals surface area contributed by atoms with E-state index in [-0.39, 0.29) is 24.8 Å². The molecule has 3 heterocycles. The Morgan fingerprint density at radius 2 is 1.92 bits per heavy atom. The fourth-order valence-electron chi connectivity index (χ4n) is 3.03. The van der Waals surface area contributed by atoms with Crippen LogP contribution in [0.3, 0.4) is 0 Å². The number of fused-ring (bicyclic) bond motifs is 1. The minimum atomic E-state index is 0. The molecule has 2 aromatic heterocycles. The lowest BCUT2D eigenvalue weighted by Gasteiger charge is -2.14. The summed E-state index contributed by atoms with van der Waals surface area (Å²) in [6.07, 6.45) is 0. The Labute approximate surface area is 170 Å². The third-order valence-electron chi connectivity index (χ3n) is 4.16. The third-order valence-corrected chi connectivity index (χ3v) is 5.10. The van der Waals surface area contributed by atoms with E-state index in [1.165, 1.54) is 11.3 Å². The molecule has 26 heavy (non-hydrogen) atoms. The average molecular weight is 412 g/mol. The molecule has 1 aliphatic rings. The van der Waals surface area contributed by atoms with Crippen molar-refractivity contribution in [1.82, 2.24) is 25.0 Å². The quantitative estimate of drug-likeness (QED) is 0.696. The molecule has 0 spiro atoms. The van der Waals surface area contributed by atoms with E-state index in [1.54, 1.807) is 11.3 Å². The molecule has 0 atom stereocenters. The van der Waals surface area contributed by atoms with Crippen LogP contribution in [0.5, 0.6) is 0 Å². The summed E-state index contributed by atoms with van der Waals surface area (Å²) >= 11 is 1.71. The number of nitrogens with zero attached hydrogens (tertiary/aromatic N) is 4. The molecule has 1 aliphatic heterocycles. The Morgan fingerprint density at radius 3 is 2.69 bits per heavy atom. The third kappa shape index (κ3) is 4.84. The van der Waals surface area contributed by atoms with Crippen LogP contribution in [0.1, 0.15) is 17.1 Å². The van der Waals surface area contributed by atoms with Gasteiger partial charge in [0.25, 0.3) is 0 Å². The second-order valence-electron chi connectivity index (χ2n) is 6.21. The molecule has 0 saturated carbocycles. The number of benzene rings is 1. The zero-order valence-electron chi connectivity index (χ0n) is 14.6. The van der Waals surface area contributed by atoms with Gasteiger partial charge in [0.1, 0.15) is 5.01 Å². The minimum Gasteiger partial charge on any atom is -0.309 e. The smallest absolute Gasteiger partial charge is 0.123 e. The Morgan fingerprint density at radius 1 is 1.15 bits per heavy atom. The zero-order valence-corrected chi connectivity index (χ0v) is 17.0. The van der Waals surface area contributed by atoms with Crippen molar-refractivity contribution in [1.29, 1.82) is 0 Å². The highest BCUT2D eigenvalue weighted by Gasteiger charge is 2.13. The van der Waals surface area contributed by atoms with Gasteiger partial charge in [0, 0.05) is 37.1 Å². The number of halogens is 2. The monoisotopic (exact) mass is 411 g/mol. The highest BCUT2D eigenvalue weighted by molar-refractivity contribution is 7.13. The van der Waals surface area contributed by atoms with Crippen LogP contribution >= 0.6 is 36.2 Å². The Kier molecular flexibility index (Phi) is 7.61.